The molecular formula is C10H21NO2S. The minimum absolute atomic E-state index is 0.121. The van der Waals surface area contributed by atoms with Crippen molar-refractivity contribution in [1.29, 1.82) is 0 Å². The van der Waals surface area contributed by atoms with E-state index in [-0.39, 0.29) is 12.0 Å². The smallest absolute Gasteiger partial charge is 0.307 e. The summed E-state index contributed by atoms with van der Waals surface area (Å²) in [5.41, 5.74) is 0. The highest BCUT2D eigenvalue weighted by Crippen LogP contribution is 2.03. The molecule has 14 heavy (non-hydrogen) atoms. The first kappa shape index (κ1) is 13.8. The van der Waals surface area contributed by atoms with E-state index in [9.17, 15) is 4.79 Å². The van der Waals surface area contributed by atoms with Gasteiger partial charge in [0.25, 0.3) is 0 Å². The second-order valence-electron chi connectivity index (χ2n) is 3.36. The number of nitrogens with one attached hydrogen (secondary N) is 1. The number of hydrogen-bond donors (Lipinski definition) is 1. The summed E-state index contributed by atoms with van der Waals surface area (Å²) in [5.74, 6) is -0.121. The third-order valence-corrected chi connectivity index (χ3v) is 2.91. The van der Waals surface area contributed by atoms with E-state index in [1.54, 1.807) is 0 Å². The van der Waals surface area contributed by atoms with Gasteiger partial charge in [-0.25, -0.2) is 0 Å². The van der Waals surface area contributed by atoms with Crippen LogP contribution in [0, 0.1) is 0 Å². The normalized spacial score (nSPS) is 14.9. The fourth-order valence-electron chi connectivity index (χ4n) is 0.993. The Hall–Kier alpha value is -0.220. The van der Waals surface area contributed by atoms with E-state index in [1.165, 1.54) is 0 Å². The molecule has 0 aromatic heterocycles. The molecule has 0 aliphatic carbocycles. The molecule has 0 aromatic rings. The van der Waals surface area contributed by atoms with Crippen molar-refractivity contribution in [2.45, 2.75) is 38.5 Å². The van der Waals surface area contributed by atoms with Crippen LogP contribution in [0.1, 0.15) is 27.2 Å². The first-order chi connectivity index (χ1) is 6.60. The molecule has 3 nitrogen and oxygen atoms in total. The molecule has 2 atom stereocenters. The van der Waals surface area contributed by atoms with Crippen LogP contribution in [-0.4, -0.2) is 36.7 Å². The Morgan fingerprint density at radius 3 is 2.64 bits per heavy atom. The number of hydrogen-bond acceptors (Lipinski definition) is 4. The van der Waals surface area contributed by atoms with E-state index in [4.69, 9.17) is 4.74 Å². The van der Waals surface area contributed by atoms with Crippen molar-refractivity contribution in [2.24, 2.45) is 0 Å². The third-order valence-electron chi connectivity index (χ3n) is 1.93. The van der Waals surface area contributed by atoms with Gasteiger partial charge in [-0.1, -0.05) is 6.92 Å². The average molecular weight is 219 g/mol. The zero-order valence-electron chi connectivity index (χ0n) is 9.50. The highest BCUT2D eigenvalue weighted by Gasteiger charge is 2.09. The Labute approximate surface area is 91.0 Å². The number of esters is 1. The molecule has 2 unspecified atom stereocenters. The molecule has 0 aromatic carbocycles. The Bertz CT molecular complexity index is 164. The first-order valence-electron chi connectivity index (χ1n) is 5.01. The van der Waals surface area contributed by atoms with Crippen LogP contribution in [0.25, 0.3) is 0 Å². The molecule has 0 saturated heterocycles. The molecule has 0 fully saturated rings. The number of carbonyl (C=O) groups is 1. The number of carbonyl (C=O) groups excluding carboxylic acids is 1. The van der Waals surface area contributed by atoms with Gasteiger partial charge < -0.3 is 10.1 Å². The van der Waals surface area contributed by atoms with Gasteiger partial charge in [0.15, 0.2) is 0 Å². The van der Waals surface area contributed by atoms with Gasteiger partial charge in [-0.2, -0.15) is 11.8 Å². The van der Waals surface area contributed by atoms with Gasteiger partial charge in [0.2, 0.25) is 0 Å². The van der Waals surface area contributed by atoms with E-state index in [2.05, 4.69) is 18.5 Å². The summed E-state index contributed by atoms with van der Waals surface area (Å²) >= 11 is 1.82. The zero-order valence-corrected chi connectivity index (χ0v) is 10.3. The predicted molar refractivity (Wildman–Crippen MR) is 61.7 cm³/mol. The van der Waals surface area contributed by atoms with Crippen molar-refractivity contribution in [1.82, 2.24) is 5.32 Å². The highest BCUT2D eigenvalue weighted by molar-refractivity contribution is 7.99. The van der Waals surface area contributed by atoms with Crippen molar-refractivity contribution in [3.63, 3.8) is 0 Å². The van der Waals surface area contributed by atoms with Crippen LogP contribution in [-0.2, 0) is 9.53 Å². The molecule has 4 heteroatoms. The third kappa shape index (κ3) is 7.21. The SMILES string of the molecule is CCOC(=O)CC(C)NCC(C)SC. The average Bonchev–Trinajstić information content (AvgIpc) is 2.14. The molecule has 0 saturated carbocycles. The summed E-state index contributed by atoms with van der Waals surface area (Å²) in [6, 6.07) is 0.198. The van der Waals surface area contributed by atoms with Crippen LogP contribution in [0.4, 0.5) is 0 Å². The lowest BCUT2D eigenvalue weighted by atomic mass is 10.2. The molecule has 0 bridgehead atoms. The fraction of sp³-hybridized carbons (Fsp3) is 0.900. The Morgan fingerprint density at radius 1 is 1.50 bits per heavy atom. The van der Waals surface area contributed by atoms with Crippen LogP contribution in [0.3, 0.4) is 0 Å². The Balaban J connectivity index is 3.54. The second-order valence-corrected chi connectivity index (χ2v) is 4.64. The number of thioether (sulfide) groups is 1. The van der Waals surface area contributed by atoms with E-state index < -0.39 is 0 Å². The van der Waals surface area contributed by atoms with E-state index >= 15 is 0 Å². The molecule has 0 aliphatic heterocycles. The Morgan fingerprint density at radius 2 is 2.14 bits per heavy atom. The molecular weight excluding hydrogens is 198 g/mol. The van der Waals surface area contributed by atoms with Crippen LogP contribution in [0.5, 0.6) is 0 Å². The van der Waals surface area contributed by atoms with Gasteiger partial charge in [-0.15, -0.1) is 0 Å². The van der Waals surface area contributed by atoms with Gasteiger partial charge in [-0.3, -0.25) is 4.79 Å². The molecule has 0 spiro atoms. The summed E-state index contributed by atoms with van der Waals surface area (Å²) in [7, 11) is 0. The summed E-state index contributed by atoms with van der Waals surface area (Å²) < 4.78 is 4.86. The fourth-order valence-corrected chi connectivity index (χ4v) is 1.26. The monoisotopic (exact) mass is 219 g/mol. The molecule has 0 rings (SSSR count). The molecule has 0 amide bonds. The minimum Gasteiger partial charge on any atom is -0.466 e. The standard InChI is InChI=1S/C10H21NO2S/c1-5-13-10(12)6-8(2)11-7-9(3)14-4/h8-9,11H,5-7H2,1-4H3. The van der Waals surface area contributed by atoms with Crippen molar-refractivity contribution < 1.29 is 9.53 Å². The maximum atomic E-state index is 11.1. The summed E-state index contributed by atoms with van der Waals surface area (Å²) in [6.45, 7) is 7.39. The van der Waals surface area contributed by atoms with Gasteiger partial charge in [0.05, 0.1) is 13.0 Å². The summed E-state index contributed by atoms with van der Waals surface area (Å²) in [5, 5.41) is 3.88. The van der Waals surface area contributed by atoms with Crippen molar-refractivity contribution >= 4 is 17.7 Å². The predicted octanol–water partition coefficient (Wildman–Crippen LogP) is 1.67. The molecule has 0 aliphatic rings. The molecule has 1 N–H and O–H groups in total. The number of rotatable bonds is 7. The lowest BCUT2D eigenvalue weighted by Gasteiger charge is -2.15. The highest BCUT2D eigenvalue weighted by atomic mass is 32.2. The van der Waals surface area contributed by atoms with Crippen LogP contribution >= 0.6 is 11.8 Å². The maximum Gasteiger partial charge on any atom is 0.307 e. The first-order valence-corrected chi connectivity index (χ1v) is 6.30. The largest absolute Gasteiger partial charge is 0.466 e. The lowest BCUT2D eigenvalue weighted by molar-refractivity contribution is -0.143. The van der Waals surface area contributed by atoms with Crippen molar-refractivity contribution in [3.05, 3.63) is 0 Å². The van der Waals surface area contributed by atoms with E-state index in [0.717, 1.165) is 6.54 Å². The van der Waals surface area contributed by atoms with Crippen LogP contribution < -0.4 is 5.32 Å². The summed E-state index contributed by atoms with van der Waals surface area (Å²) in [4.78, 5) is 11.1. The minimum atomic E-state index is -0.121. The van der Waals surface area contributed by atoms with Crippen molar-refractivity contribution in [2.75, 3.05) is 19.4 Å². The topological polar surface area (TPSA) is 38.3 Å². The van der Waals surface area contributed by atoms with Gasteiger partial charge >= 0.3 is 5.97 Å². The quantitative estimate of drug-likeness (QED) is 0.661. The van der Waals surface area contributed by atoms with E-state index in [0.29, 0.717) is 18.3 Å². The van der Waals surface area contributed by atoms with E-state index in [1.807, 2.05) is 25.6 Å². The van der Waals surface area contributed by atoms with Gasteiger partial charge in [-0.05, 0) is 20.1 Å². The number of ether oxygens (including phenoxy) is 1. The van der Waals surface area contributed by atoms with Crippen LogP contribution in [0.15, 0.2) is 0 Å². The van der Waals surface area contributed by atoms with Gasteiger partial charge in [0, 0.05) is 17.8 Å². The lowest BCUT2D eigenvalue weighted by Crippen LogP contribution is -2.33. The summed E-state index contributed by atoms with van der Waals surface area (Å²) in [6.07, 6.45) is 2.54. The van der Waals surface area contributed by atoms with Crippen LogP contribution in [0.2, 0.25) is 0 Å². The Kier molecular flexibility index (Phi) is 7.99. The maximum absolute atomic E-state index is 11.1. The molecule has 84 valence electrons. The van der Waals surface area contributed by atoms with Gasteiger partial charge in [0.1, 0.15) is 0 Å². The molecule has 0 radical (unpaired) electrons. The van der Waals surface area contributed by atoms with Crippen molar-refractivity contribution in [3.8, 4) is 0 Å². The molecule has 0 heterocycles. The second kappa shape index (κ2) is 8.12. The zero-order chi connectivity index (χ0) is 11.0.